The van der Waals surface area contributed by atoms with Gasteiger partial charge in [0.25, 0.3) is 0 Å². The SMILES string of the molecule is CC1CN(Cc2ccco2)C(CCN)CN1C. The summed E-state index contributed by atoms with van der Waals surface area (Å²) in [5, 5.41) is 0. The largest absolute Gasteiger partial charge is 0.468 e. The molecule has 0 saturated carbocycles. The smallest absolute Gasteiger partial charge is 0.117 e. The Labute approximate surface area is 103 Å². The molecule has 1 fully saturated rings. The minimum Gasteiger partial charge on any atom is -0.468 e. The van der Waals surface area contributed by atoms with Gasteiger partial charge in [-0.2, -0.15) is 0 Å². The van der Waals surface area contributed by atoms with Crippen molar-refractivity contribution in [2.45, 2.75) is 32.0 Å². The maximum atomic E-state index is 5.71. The molecule has 4 nitrogen and oxygen atoms in total. The van der Waals surface area contributed by atoms with Crippen LogP contribution in [0, 0.1) is 0 Å². The lowest BCUT2D eigenvalue weighted by Gasteiger charge is -2.43. The van der Waals surface area contributed by atoms with E-state index in [1.807, 2.05) is 12.1 Å². The van der Waals surface area contributed by atoms with E-state index in [9.17, 15) is 0 Å². The fraction of sp³-hybridized carbons (Fsp3) is 0.692. The molecule has 1 aromatic heterocycles. The van der Waals surface area contributed by atoms with E-state index in [1.54, 1.807) is 6.26 Å². The van der Waals surface area contributed by atoms with Crippen molar-refractivity contribution in [1.82, 2.24) is 9.80 Å². The lowest BCUT2D eigenvalue weighted by atomic mass is 10.0. The van der Waals surface area contributed by atoms with Crippen LogP contribution in [-0.2, 0) is 6.54 Å². The van der Waals surface area contributed by atoms with Crippen LogP contribution < -0.4 is 5.73 Å². The maximum absolute atomic E-state index is 5.71. The lowest BCUT2D eigenvalue weighted by molar-refractivity contribution is 0.0387. The summed E-state index contributed by atoms with van der Waals surface area (Å²) in [5.41, 5.74) is 5.71. The lowest BCUT2D eigenvalue weighted by Crippen LogP contribution is -2.55. The number of furan rings is 1. The minimum absolute atomic E-state index is 0.547. The van der Waals surface area contributed by atoms with Gasteiger partial charge in [0.2, 0.25) is 0 Å². The van der Waals surface area contributed by atoms with Crippen molar-refractivity contribution < 1.29 is 4.42 Å². The molecule has 1 aliphatic heterocycles. The molecule has 1 aromatic rings. The molecular formula is C13H23N3O. The van der Waals surface area contributed by atoms with Crippen LogP contribution in [0.15, 0.2) is 22.8 Å². The molecule has 2 atom stereocenters. The second-order valence-corrected chi connectivity index (χ2v) is 5.03. The van der Waals surface area contributed by atoms with E-state index < -0.39 is 0 Å². The molecule has 0 aromatic carbocycles. The summed E-state index contributed by atoms with van der Waals surface area (Å²) in [6, 6.07) is 5.14. The fourth-order valence-electron chi connectivity index (χ4n) is 2.52. The Morgan fingerprint density at radius 2 is 2.29 bits per heavy atom. The average molecular weight is 237 g/mol. The van der Waals surface area contributed by atoms with E-state index in [2.05, 4.69) is 23.8 Å². The summed E-state index contributed by atoms with van der Waals surface area (Å²) in [6.45, 7) is 6.10. The van der Waals surface area contributed by atoms with Crippen LogP contribution in [-0.4, -0.2) is 48.6 Å². The second-order valence-electron chi connectivity index (χ2n) is 5.03. The summed E-state index contributed by atoms with van der Waals surface area (Å²) in [5.74, 6) is 1.05. The Balaban J connectivity index is 2.01. The van der Waals surface area contributed by atoms with Crippen LogP contribution in [0.3, 0.4) is 0 Å². The van der Waals surface area contributed by atoms with Gasteiger partial charge in [-0.05, 0) is 39.1 Å². The highest BCUT2D eigenvalue weighted by atomic mass is 16.3. The van der Waals surface area contributed by atoms with Gasteiger partial charge < -0.3 is 15.1 Å². The normalized spacial score (nSPS) is 27.5. The fourth-order valence-corrected chi connectivity index (χ4v) is 2.52. The first-order valence-corrected chi connectivity index (χ1v) is 6.37. The predicted molar refractivity (Wildman–Crippen MR) is 68.7 cm³/mol. The third-order valence-corrected chi connectivity index (χ3v) is 3.71. The molecular weight excluding hydrogens is 214 g/mol. The third kappa shape index (κ3) is 3.09. The molecule has 1 saturated heterocycles. The van der Waals surface area contributed by atoms with Crippen LogP contribution in [0.4, 0.5) is 0 Å². The van der Waals surface area contributed by atoms with Crippen molar-refractivity contribution >= 4 is 0 Å². The number of hydrogen-bond donors (Lipinski definition) is 1. The predicted octanol–water partition coefficient (Wildman–Crippen LogP) is 1.13. The van der Waals surface area contributed by atoms with E-state index in [0.29, 0.717) is 12.1 Å². The van der Waals surface area contributed by atoms with Crippen molar-refractivity contribution in [3.05, 3.63) is 24.2 Å². The number of nitrogens with zero attached hydrogens (tertiary/aromatic N) is 2. The van der Waals surface area contributed by atoms with Gasteiger partial charge >= 0.3 is 0 Å². The van der Waals surface area contributed by atoms with Crippen molar-refractivity contribution in [2.75, 3.05) is 26.7 Å². The standard InChI is InChI=1S/C13H23N3O/c1-11-8-16(10-13-4-3-7-17-13)12(5-6-14)9-15(11)2/h3-4,7,11-12H,5-6,8-10,14H2,1-2H3. The number of rotatable bonds is 4. The van der Waals surface area contributed by atoms with Gasteiger partial charge in [0, 0.05) is 25.2 Å². The number of hydrogen-bond acceptors (Lipinski definition) is 4. The van der Waals surface area contributed by atoms with Gasteiger partial charge in [-0.15, -0.1) is 0 Å². The Morgan fingerprint density at radius 1 is 1.47 bits per heavy atom. The first kappa shape index (κ1) is 12.6. The van der Waals surface area contributed by atoms with Crippen LogP contribution in [0.5, 0.6) is 0 Å². The van der Waals surface area contributed by atoms with Crippen molar-refractivity contribution in [3.8, 4) is 0 Å². The molecule has 2 unspecified atom stereocenters. The topological polar surface area (TPSA) is 45.6 Å². The third-order valence-electron chi connectivity index (χ3n) is 3.71. The highest BCUT2D eigenvalue weighted by Crippen LogP contribution is 2.18. The Hall–Kier alpha value is -0.840. The van der Waals surface area contributed by atoms with Gasteiger partial charge in [-0.3, -0.25) is 4.90 Å². The van der Waals surface area contributed by atoms with Crippen LogP contribution in [0.2, 0.25) is 0 Å². The quantitative estimate of drug-likeness (QED) is 0.853. The van der Waals surface area contributed by atoms with Crippen molar-refractivity contribution in [1.29, 1.82) is 0 Å². The van der Waals surface area contributed by atoms with E-state index in [4.69, 9.17) is 10.2 Å². The van der Waals surface area contributed by atoms with Crippen molar-refractivity contribution in [3.63, 3.8) is 0 Å². The van der Waals surface area contributed by atoms with Gasteiger partial charge in [0.15, 0.2) is 0 Å². The van der Waals surface area contributed by atoms with Gasteiger partial charge in [-0.1, -0.05) is 0 Å². The van der Waals surface area contributed by atoms with Crippen LogP contribution in [0.25, 0.3) is 0 Å². The Morgan fingerprint density at radius 3 is 2.94 bits per heavy atom. The monoisotopic (exact) mass is 237 g/mol. The zero-order valence-electron chi connectivity index (χ0n) is 10.8. The maximum Gasteiger partial charge on any atom is 0.117 e. The number of nitrogens with two attached hydrogens (primary N) is 1. The van der Waals surface area contributed by atoms with E-state index >= 15 is 0 Å². The summed E-state index contributed by atoms with van der Waals surface area (Å²) in [6.07, 6.45) is 2.80. The molecule has 0 spiro atoms. The molecule has 96 valence electrons. The summed E-state index contributed by atoms with van der Waals surface area (Å²) >= 11 is 0. The van der Waals surface area contributed by atoms with Gasteiger partial charge in [0.05, 0.1) is 12.8 Å². The first-order chi connectivity index (χ1) is 8.20. The molecule has 1 aliphatic rings. The van der Waals surface area contributed by atoms with Crippen molar-refractivity contribution in [2.24, 2.45) is 5.73 Å². The molecule has 0 amide bonds. The van der Waals surface area contributed by atoms with E-state index in [0.717, 1.165) is 38.4 Å². The molecule has 2 heterocycles. The molecule has 2 N–H and O–H groups in total. The minimum atomic E-state index is 0.547. The highest BCUT2D eigenvalue weighted by Gasteiger charge is 2.29. The van der Waals surface area contributed by atoms with Gasteiger partial charge in [-0.25, -0.2) is 0 Å². The molecule has 0 radical (unpaired) electrons. The second kappa shape index (κ2) is 5.67. The van der Waals surface area contributed by atoms with Gasteiger partial charge in [0.1, 0.15) is 5.76 Å². The number of likely N-dealkylation sites (N-methyl/N-ethyl adjacent to an activating group) is 1. The summed E-state index contributed by atoms with van der Waals surface area (Å²) in [7, 11) is 2.19. The number of piperazine rings is 1. The molecule has 0 bridgehead atoms. The summed E-state index contributed by atoms with van der Waals surface area (Å²) in [4.78, 5) is 4.91. The van der Waals surface area contributed by atoms with E-state index in [-0.39, 0.29) is 0 Å². The summed E-state index contributed by atoms with van der Waals surface area (Å²) < 4.78 is 5.44. The Kier molecular flexibility index (Phi) is 4.20. The molecule has 4 heteroatoms. The van der Waals surface area contributed by atoms with Crippen LogP contribution in [0.1, 0.15) is 19.1 Å². The zero-order valence-corrected chi connectivity index (χ0v) is 10.8. The highest BCUT2D eigenvalue weighted by molar-refractivity contribution is 4.99. The molecule has 17 heavy (non-hydrogen) atoms. The Bertz CT molecular complexity index is 325. The first-order valence-electron chi connectivity index (χ1n) is 6.37. The average Bonchev–Trinajstić information content (AvgIpc) is 2.78. The van der Waals surface area contributed by atoms with E-state index in [1.165, 1.54) is 0 Å². The molecule has 0 aliphatic carbocycles. The molecule has 2 rings (SSSR count). The zero-order chi connectivity index (χ0) is 12.3. The van der Waals surface area contributed by atoms with Crippen LogP contribution >= 0.6 is 0 Å².